The van der Waals surface area contributed by atoms with Gasteiger partial charge in [0, 0.05) is 17.0 Å². The van der Waals surface area contributed by atoms with E-state index in [4.69, 9.17) is 9.15 Å². The van der Waals surface area contributed by atoms with Crippen molar-refractivity contribution in [1.29, 1.82) is 0 Å². The van der Waals surface area contributed by atoms with Gasteiger partial charge in [-0.3, -0.25) is 4.72 Å². The molecule has 0 unspecified atom stereocenters. The Morgan fingerprint density at radius 2 is 1.89 bits per heavy atom. The first-order valence-electron chi connectivity index (χ1n) is 8.56. The molecule has 3 aromatic rings. The van der Waals surface area contributed by atoms with Crippen molar-refractivity contribution in [2.45, 2.75) is 20.0 Å². The molecule has 0 aliphatic heterocycles. The third kappa shape index (κ3) is 4.58. The predicted molar refractivity (Wildman–Crippen MR) is 106 cm³/mol. The molecule has 0 amide bonds. The molecule has 0 saturated heterocycles. The number of esters is 1. The summed E-state index contributed by atoms with van der Waals surface area (Å²) in [4.78, 5) is 24.3. The molecule has 3 rings (SSSR count). The third-order valence-electron chi connectivity index (χ3n) is 4.10. The number of benzene rings is 2. The molecular formula is C20H19NO6S. The van der Waals surface area contributed by atoms with Crippen molar-refractivity contribution in [2.24, 2.45) is 0 Å². The first-order chi connectivity index (χ1) is 13.3. The highest BCUT2D eigenvalue weighted by Gasteiger charge is 2.16. The number of nitrogens with one attached hydrogen (secondary N) is 1. The molecule has 1 heterocycles. The van der Waals surface area contributed by atoms with Crippen LogP contribution in [-0.2, 0) is 27.8 Å². The molecule has 1 aromatic heterocycles. The van der Waals surface area contributed by atoms with E-state index >= 15 is 0 Å². The van der Waals surface area contributed by atoms with Crippen LogP contribution < -0.4 is 10.3 Å². The lowest BCUT2D eigenvalue weighted by Gasteiger charge is -2.11. The van der Waals surface area contributed by atoms with Crippen molar-refractivity contribution >= 4 is 32.6 Å². The maximum absolute atomic E-state index is 12.5. The van der Waals surface area contributed by atoms with Crippen LogP contribution in [-0.4, -0.2) is 20.6 Å². The smallest absolute Gasteiger partial charge is 0.340 e. The number of ether oxygens (including phenoxy) is 1. The number of carbonyl (C=O) groups excluding carboxylic acids is 1. The van der Waals surface area contributed by atoms with E-state index in [0.29, 0.717) is 16.5 Å². The van der Waals surface area contributed by atoms with Crippen LogP contribution in [0.25, 0.3) is 11.0 Å². The molecule has 0 saturated carbocycles. The molecule has 146 valence electrons. The number of rotatable bonds is 6. The van der Waals surface area contributed by atoms with Crippen molar-refractivity contribution < 1.29 is 22.4 Å². The molecule has 0 fully saturated rings. The number of anilines is 1. The molecule has 1 N–H and O–H groups in total. The van der Waals surface area contributed by atoms with E-state index in [2.05, 4.69) is 4.72 Å². The molecule has 0 bridgehead atoms. The van der Waals surface area contributed by atoms with Gasteiger partial charge in [-0.25, -0.2) is 18.0 Å². The van der Waals surface area contributed by atoms with Crippen molar-refractivity contribution in [1.82, 2.24) is 0 Å². The summed E-state index contributed by atoms with van der Waals surface area (Å²) >= 11 is 0. The molecule has 0 aliphatic rings. The summed E-state index contributed by atoms with van der Waals surface area (Å²) in [5.74, 6) is -0.710. The van der Waals surface area contributed by atoms with Crippen LogP contribution in [0.3, 0.4) is 0 Å². The zero-order valence-electron chi connectivity index (χ0n) is 15.4. The second-order valence-corrected chi connectivity index (χ2v) is 8.02. The fourth-order valence-electron chi connectivity index (χ4n) is 2.78. The number of para-hydroxylation sites is 1. The normalized spacial score (nSPS) is 11.4. The van der Waals surface area contributed by atoms with Gasteiger partial charge in [0.25, 0.3) is 0 Å². The highest BCUT2D eigenvalue weighted by Crippen LogP contribution is 2.22. The van der Waals surface area contributed by atoms with Gasteiger partial charge in [0.05, 0.1) is 17.5 Å². The summed E-state index contributed by atoms with van der Waals surface area (Å²) in [6.07, 6.45) is 1.79. The van der Waals surface area contributed by atoms with Crippen molar-refractivity contribution in [3.63, 3.8) is 0 Å². The molecule has 8 heteroatoms. The highest BCUT2D eigenvalue weighted by atomic mass is 32.2. The van der Waals surface area contributed by atoms with E-state index in [1.807, 2.05) is 19.1 Å². The minimum absolute atomic E-state index is 0.0773. The summed E-state index contributed by atoms with van der Waals surface area (Å²) in [6, 6.07) is 12.9. The molecule has 7 nitrogen and oxygen atoms in total. The minimum Gasteiger partial charge on any atom is -0.457 e. The Morgan fingerprint density at radius 1 is 1.14 bits per heavy atom. The van der Waals surface area contributed by atoms with Crippen molar-refractivity contribution in [3.8, 4) is 0 Å². The summed E-state index contributed by atoms with van der Waals surface area (Å²) in [5, 5.41) is 0.673. The molecule has 28 heavy (non-hydrogen) atoms. The van der Waals surface area contributed by atoms with Crippen molar-refractivity contribution in [2.75, 3.05) is 11.0 Å². The van der Waals surface area contributed by atoms with Gasteiger partial charge in [-0.1, -0.05) is 31.2 Å². The van der Waals surface area contributed by atoms with Crippen molar-refractivity contribution in [3.05, 3.63) is 75.6 Å². The van der Waals surface area contributed by atoms with Gasteiger partial charge in [-0.05, 0) is 30.2 Å². The van der Waals surface area contributed by atoms with Gasteiger partial charge < -0.3 is 9.15 Å². The van der Waals surface area contributed by atoms with Crippen LogP contribution in [0.15, 0.2) is 57.7 Å². The Kier molecular flexibility index (Phi) is 5.51. The first-order valence-corrected chi connectivity index (χ1v) is 10.5. The topological polar surface area (TPSA) is 103 Å². The van der Waals surface area contributed by atoms with E-state index in [0.717, 1.165) is 18.2 Å². The van der Waals surface area contributed by atoms with Gasteiger partial charge in [-0.15, -0.1) is 0 Å². The van der Waals surface area contributed by atoms with Gasteiger partial charge >= 0.3 is 11.6 Å². The number of sulfonamides is 1. The fraction of sp³-hybridized carbons (Fsp3) is 0.200. The zero-order valence-corrected chi connectivity index (χ0v) is 16.2. The Morgan fingerprint density at radius 3 is 2.61 bits per heavy atom. The standard InChI is InChI=1S/C20H19NO6S/c1-3-13-8-9-15-14(11-19(22)27-18(15)10-13)12-26-20(23)16-6-4-5-7-17(16)21-28(2,24)25/h4-11,21H,3,12H2,1-2H3. The average molecular weight is 401 g/mol. The van der Waals surface area contributed by atoms with Crippen LogP contribution in [0.1, 0.15) is 28.4 Å². The lowest BCUT2D eigenvalue weighted by molar-refractivity contribution is 0.0475. The summed E-state index contributed by atoms with van der Waals surface area (Å²) < 4.78 is 35.8. The lowest BCUT2D eigenvalue weighted by Crippen LogP contribution is -2.15. The van der Waals surface area contributed by atoms with E-state index < -0.39 is 21.6 Å². The Balaban J connectivity index is 1.87. The monoisotopic (exact) mass is 401 g/mol. The number of hydrogen-bond acceptors (Lipinski definition) is 6. The van der Waals surface area contributed by atoms with Gasteiger partial charge in [0.15, 0.2) is 0 Å². The number of hydrogen-bond donors (Lipinski definition) is 1. The van der Waals surface area contributed by atoms with Crippen LogP contribution >= 0.6 is 0 Å². The maximum Gasteiger partial charge on any atom is 0.340 e. The Hall–Kier alpha value is -3.13. The van der Waals surface area contributed by atoms with Crippen LogP contribution in [0.2, 0.25) is 0 Å². The van der Waals surface area contributed by atoms with Gasteiger partial charge in [0.2, 0.25) is 10.0 Å². The maximum atomic E-state index is 12.5. The first kappa shape index (κ1) is 19.6. The Bertz CT molecular complexity index is 1200. The van der Waals surface area contributed by atoms with Gasteiger partial charge in [0.1, 0.15) is 12.2 Å². The van der Waals surface area contributed by atoms with Crippen LogP contribution in [0, 0.1) is 0 Å². The number of fused-ring (bicyclic) bond motifs is 1. The average Bonchev–Trinajstić information content (AvgIpc) is 2.64. The number of carbonyl (C=O) groups is 1. The van der Waals surface area contributed by atoms with Crippen LogP contribution in [0.4, 0.5) is 5.69 Å². The van der Waals surface area contributed by atoms with E-state index in [-0.39, 0.29) is 17.9 Å². The largest absolute Gasteiger partial charge is 0.457 e. The molecule has 2 aromatic carbocycles. The fourth-order valence-corrected chi connectivity index (χ4v) is 3.36. The molecule has 0 spiro atoms. The molecule has 0 aliphatic carbocycles. The highest BCUT2D eigenvalue weighted by molar-refractivity contribution is 7.92. The summed E-state index contributed by atoms with van der Waals surface area (Å²) in [6.45, 7) is 1.84. The van der Waals surface area contributed by atoms with E-state index in [1.54, 1.807) is 18.2 Å². The summed E-state index contributed by atoms with van der Waals surface area (Å²) in [7, 11) is -3.55. The minimum atomic E-state index is -3.55. The van der Waals surface area contributed by atoms with E-state index in [1.165, 1.54) is 18.2 Å². The molecule has 0 radical (unpaired) electrons. The molecular weight excluding hydrogens is 382 g/mol. The lowest BCUT2D eigenvalue weighted by atomic mass is 10.1. The second-order valence-electron chi connectivity index (χ2n) is 6.27. The quantitative estimate of drug-likeness (QED) is 0.503. The SMILES string of the molecule is CCc1ccc2c(COC(=O)c3ccccc3NS(C)(=O)=O)cc(=O)oc2c1. The summed E-state index contributed by atoms with van der Waals surface area (Å²) in [5.41, 5.74) is 1.62. The predicted octanol–water partition coefficient (Wildman–Crippen LogP) is 3.08. The third-order valence-corrected chi connectivity index (χ3v) is 4.69. The zero-order chi connectivity index (χ0) is 20.3. The number of aryl methyl sites for hydroxylation is 1. The van der Waals surface area contributed by atoms with Crippen LogP contribution in [0.5, 0.6) is 0 Å². The van der Waals surface area contributed by atoms with E-state index in [9.17, 15) is 18.0 Å². The molecule has 0 atom stereocenters. The second kappa shape index (κ2) is 7.85. The van der Waals surface area contributed by atoms with Gasteiger partial charge in [-0.2, -0.15) is 0 Å². The Labute approximate surface area is 162 Å².